The van der Waals surface area contributed by atoms with Crippen molar-refractivity contribution in [2.24, 2.45) is 0 Å². The average Bonchev–Trinajstić information content (AvgIpc) is 2.66. The average molecular weight is 376 g/mol. The lowest BCUT2D eigenvalue weighted by molar-refractivity contribution is -0.142. The molecule has 26 heavy (non-hydrogen) atoms. The Morgan fingerprint density at radius 3 is 2.46 bits per heavy atom. The highest BCUT2D eigenvalue weighted by Crippen LogP contribution is 2.28. The molecule has 0 heterocycles. The number of carbonyl (C=O) groups is 2. The fourth-order valence-electron chi connectivity index (χ4n) is 2.01. The highest BCUT2D eigenvalue weighted by Gasteiger charge is 2.10. The third-order valence-corrected chi connectivity index (χ3v) is 3.56. The van der Waals surface area contributed by atoms with Gasteiger partial charge in [0.2, 0.25) is 0 Å². The molecule has 2 aromatic rings. The van der Waals surface area contributed by atoms with E-state index in [1.165, 1.54) is 20.3 Å². The number of esters is 1. The van der Waals surface area contributed by atoms with Gasteiger partial charge in [0.05, 0.1) is 19.9 Å². The van der Waals surface area contributed by atoms with E-state index in [0.717, 1.165) is 5.56 Å². The first-order valence-electron chi connectivity index (χ1n) is 7.64. The summed E-state index contributed by atoms with van der Waals surface area (Å²) in [4.78, 5) is 23.6. The lowest BCUT2D eigenvalue weighted by Gasteiger charge is -2.11. The molecule has 0 fully saturated rings. The van der Waals surface area contributed by atoms with E-state index >= 15 is 0 Å². The Labute approximate surface area is 156 Å². The summed E-state index contributed by atoms with van der Waals surface area (Å²) in [6.45, 7) is -0.418. The number of anilines is 1. The summed E-state index contributed by atoms with van der Waals surface area (Å²) >= 11 is 5.79. The predicted molar refractivity (Wildman–Crippen MR) is 99.6 cm³/mol. The summed E-state index contributed by atoms with van der Waals surface area (Å²) in [5.74, 6) is -0.0798. The van der Waals surface area contributed by atoms with Crippen LogP contribution in [0.1, 0.15) is 5.56 Å². The summed E-state index contributed by atoms with van der Waals surface area (Å²) in [6, 6.07) is 11.9. The van der Waals surface area contributed by atoms with Gasteiger partial charge in [-0.2, -0.15) is 0 Å². The van der Waals surface area contributed by atoms with Gasteiger partial charge < -0.3 is 19.5 Å². The lowest BCUT2D eigenvalue weighted by Crippen LogP contribution is -2.20. The SMILES string of the molecule is COc1ccc(NC(=O)COC(=O)/C=C/c2ccc(Cl)cc2)c(OC)c1. The first-order valence-corrected chi connectivity index (χ1v) is 8.02. The first kappa shape index (κ1) is 19.3. The quantitative estimate of drug-likeness (QED) is 0.591. The van der Waals surface area contributed by atoms with Crippen molar-refractivity contribution < 1.29 is 23.8 Å². The number of ether oxygens (including phenoxy) is 3. The summed E-state index contributed by atoms with van der Waals surface area (Å²) in [7, 11) is 3.01. The van der Waals surface area contributed by atoms with Crippen molar-refractivity contribution in [1.29, 1.82) is 0 Å². The molecule has 6 nitrogen and oxygen atoms in total. The van der Waals surface area contributed by atoms with Crippen LogP contribution in [0.25, 0.3) is 6.08 Å². The van der Waals surface area contributed by atoms with E-state index in [0.29, 0.717) is 22.2 Å². The minimum absolute atomic E-state index is 0.418. The fraction of sp³-hybridized carbons (Fsp3) is 0.158. The summed E-state index contributed by atoms with van der Waals surface area (Å²) in [6.07, 6.45) is 2.81. The van der Waals surface area contributed by atoms with E-state index in [9.17, 15) is 9.59 Å². The summed E-state index contributed by atoms with van der Waals surface area (Å²) < 4.78 is 15.2. The molecule has 1 amide bonds. The van der Waals surface area contributed by atoms with E-state index < -0.39 is 18.5 Å². The molecule has 0 aliphatic rings. The molecule has 0 atom stereocenters. The summed E-state index contributed by atoms with van der Waals surface area (Å²) in [5.41, 5.74) is 1.24. The van der Waals surface area contributed by atoms with Gasteiger partial charge in [0.1, 0.15) is 11.5 Å². The Morgan fingerprint density at radius 2 is 1.81 bits per heavy atom. The number of benzene rings is 2. The molecule has 0 aliphatic heterocycles. The predicted octanol–water partition coefficient (Wildman–Crippen LogP) is 3.55. The number of methoxy groups -OCH3 is 2. The fourth-order valence-corrected chi connectivity index (χ4v) is 2.14. The minimum Gasteiger partial charge on any atom is -0.497 e. The van der Waals surface area contributed by atoms with Crippen molar-refractivity contribution in [1.82, 2.24) is 0 Å². The normalized spacial score (nSPS) is 10.4. The second-order valence-corrected chi connectivity index (χ2v) is 5.54. The van der Waals surface area contributed by atoms with Crippen molar-refractivity contribution in [3.8, 4) is 11.5 Å². The second-order valence-electron chi connectivity index (χ2n) is 5.11. The zero-order valence-electron chi connectivity index (χ0n) is 14.3. The van der Waals surface area contributed by atoms with Crippen LogP contribution in [0.5, 0.6) is 11.5 Å². The summed E-state index contributed by atoms with van der Waals surface area (Å²) in [5, 5.41) is 3.22. The molecule has 0 aromatic heterocycles. The van der Waals surface area contributed by atoms with Gasteiger partial charge in [0.25, 0.3) is 5.91 Å². The van der Waals surface area contributed by atoms with Crippen molar-refractivity contribution >= 4 is 35.2 Å². The van der Waals surface area contributed by atoms with E-state index in [1.54, 1.807) is 48.5 Å². The zero-order chi connectivity index (χ0) is 18.9. The molecular formula is C19H18ClNO5. The first-order chi connectivity index (χ1) is 12.5. The third kappa shape index (κ3) is 5.82. The standard InChI is InChI=1S/C19H18ClNO5/c1-24-15-8-9-16(17(11-15)25-2)21-18(22)12-26-19(23)10-5-13-3-6-14(20)7-4-13/h3-11H,12H2,1-2H3,(H,21,22)/b10-5+. The Hall–Kier alpha value is -2.99. The van der Waals surface area contributed by atoms with Crippen molar-refractivity contribution in [3.05, 3.63) is 59.1 Å². The zero-order valence-corrected chi connectivity index (χ0v) is 15.1. The Kier molecular flexibility index (Phi) is 7.05. The monoisotopic (exact) mass is 375 g/mol. The van der Waals surface area contributed by atoms with E-state index in [1.807, 2.05) is 0 Å². The molecule has 1 N–H and O–H groups in total. The molecule has 7 heteroatoms. The van der Waals surface area contributed by atoms with Crippen LogP contribution in [0.15, 0.2) is 48.5 Å². The lowest BCUT2D eigenvalue weighted by atomic mass is 10.2. The number of amides is 1. The number of hydrogen-bond acceptors (Lipinski definition) is 5. The molecule has 0 saturated heterocycles. The molecule has 0 spiro atoms. The molecule has 0 unspecified atom stereocenters. The number of halogens is 1. The third-order valence-electron chi connectivity index (χ3n) is 3.31. The molecule has 136 valence electrons. The Balaban J connectivity index is 1.86. The van der Waals surface area contributed by atoms with Gasteiger partial charge in [-0.05, 0) is 35.9 Å². The van der Waals surface area contributed by atoms with Crippen LogP contribution < -0.4 is 14.8 Å². The van der Waals surface area contributed by atoms with Crippen LogP contribution >= 0.6 is 11.6 Å². The van der Waals surface area contributed by atoms with Crippen LogP contribution in [-0.2, 0) is 14.3 Å². The van der Waals surface area contributed by atoms with Crippen LogP contribution in [0, 0.1) is 0 Å². The molecule has 2 rings (SSSR count). The number of carbonyl (C=O) groups excluding carboxylic acids is 2. The maximum Gasteiger partial charge on any atom is 0.331 e. The van der Waals surface area contributed by atoms with Crippen LogP contribution in [0.3, 0.4) is 0 Å². The smallest absolute Gasteiger partial charge is 0.331 e. The highest BCUT2D eigenvalue weighted by atomic mass is 35.5. The van der Waals surface area contributed by atoms with Crippen LogP contribution in [0.4, 0.5) is 5.69 Å². The topological polar surface area (TPSA) is 73.9 Å². The number of nitrogens with one attached hydrogen (secondary N) is 1. The maximum absolute atomic E-state index is 11.9. The van der Waals surface area contributed by atoms with Gasteiger partial charge in [-0.25, -0.2) is 4.79 Å². The molecule has 0 radical (unpaired) electrons. The van der Waals surface area contributed by atoms with Crippen LogP contribution in [0.2, 0.25) is 5.02 Å². The largest absolute Gasteiger partial charge is 0.497 e. The van der Waals surface area contributed by atoms with Gasteiger partial charge in [-0.3, -0.25) is 4.79 Å². The molecule has 2 aromatic carbocycles. The minimum atomic E-state index is -0.628. The maximum atomic E-state index is 11.9. The second kappa shape index (κ2) is 9.48. The number of rotatable bonds is 7. The molecule has 0 saturated carbocycles. The highest BCUT2D eigenvalue weighted by molar-refractivity contribution is 6.30. The Bertz CT molecular complexity index is 802. The van der Waals surface area contributed by atoms with E-state index in [2.05, 4.69) is 5.32 Å². The number of hydrogen-bond donors (Lipinski definition) is 1. The molecule has 0 bridgehead atoms. The Morgan fingerprint density at radius 1 is 1.08 bits per heavy atom. The van der Waals surface area contributed by atoms with Gasteiger partial charge in [0.15, 0.2) is 6.61 Å². The van der Waals surface area contributed by atoms with Crippen LogP contribution in [-0.4, -0.2) is 32.7 Å². The van der Waals surface area contributed by atoms with E-state index in [-0.39, 0.29) is 0 Å². The van der Waals surface area contributed by atoms with Crippen molar-refractivity contribution in [2.75, 3.05) is 26.1 Å². The van der Waals surface area contributed by atoms with Gasteiger partial charge in [-0.15, -0.1) is 0 Å². The molecular weight excluding hydrogens is 358 g/mol. The van der Waals surface area contributed by atoms with Gasteiger partial charge in [0, 0.05) is 17.2 Å². The molecule has 0 aliphatic carbocycles. The van der Waals surface area contributed by atoms with Gasteiger partial charge >= 0.3 is 5.97 Å². The van der Waals surface area contributed by atoms with Crippen molar-refractivity contribution in [3.63, 3.8) is 0 Å². The van der Waals surface area contributed by atoms with Crippen molar-refractivity contribution in [2.45, 2.75) is 0 Å². The van der Waals surface area contributed by atoms with E-state index in [4.69, 9.17) is 25.8 Å². The van der Waals surface area contributed by atoms with Gasteiger partial charge in [-0.1, -0.05) is 23.7 Å².